The van der Waals surface area contributed by atoms with E-state index >= 15 is 0 Å². The van der Waals surface area contributed by atoms with Crippen molar-refractivity contribution in [3.05, 3.63) is 51.2 Å². The third-order valence-corrected chi connectivity index (χ3v) is 3.69. The van der Waals surface area contributed by atoms with E-state index in [4.69, 9.17) is 17.3 Å². The molecular weight excluding hydrogens is 330 g/mol. The molecule has 0 unspecified atom stereocenters. The highest BCUT2D eigenvalue weighted by atomic mass is 79.9. The summed E-state index contributed by atoms with van der Waals surface area (Å²) in [5, 5.41) is 3.09. The summed E-state index contributed by atoms with van der Waals surface area (Å²) in [6, 6.07) is 6.89. The van der Waals surface area contributed by atoms with Crippen LogP contribution < -0.4 is 11.1 Å². The van der Waals surface area contributed by atoms with Gasteiger partial charge in [0.15, 0.2) is 0 Å². The molecule has 2 aromatic rings. The van der Waals surface area contributed by atoms with Crippen LogP contribution in [0.1, 0.15) is 15.9 Å². The van der Waals surface area contributed by atoms with Crippen molar-refractivity contribution >= 4 is 44.8 Å². The highest BCUT2D eigenvalue weighted by molar-refractivity contribution is 9.10. The second kappa shape index (κ2) is 5.59. The number of amides is 1. The third-order valence-electron chi connectivity index (χ3n) is 2.56. The molecule has 0 aliphatic rings. The van der Waals surface area contributed by atoms with E-state index in [1.54, 1.807) is 24.3 Å². The Bertz CT molecular complexity index is 646. The molecular formula is C13H11BrClN3O. The summed E-state index contributed by atoms with van der Waals surface area (Å²) in [4.78, 5) is 16.1. The van der Waals surface area contributed by atoms with Gasteiger partial charge in [-0.2, -0.15) is 0 Å². The number of benzene rings is 1. The number of halogens is 2. The second-order valence-corrected chi connectivity index (χ2v) is 5.24. The standard InChI is InChI=1S/C13H11BrClN3O/c1-7-2-3-8(16)4-10(7)13(19)18-9-5-11(14)12(15)17-6-9/h2-6H,16H2,1H3,(H,18,19). The normalized spacial score (nSPS) is 10.3. The molecule has 0 radical (unpaired) electrons. The molecule has 0 aliphatic heterocycles. The van der Waals surface area contributed by atoms with Crippen LogP contribution in [0.4, 0.5) is 11.4 Å². The molecule has 0 fully saturated rings. The topological polar surface area (TPSA) is 68.0 Å². The van der Waals surface area contributed by atoms with Gasteiger partial charge >= 0.3 is 0 Å². The van der Waals surface area contributed by atoms with Crippen LogP contribution in [0.5, 0.6) is 0 Å². The maximum atomic E-state index is 12.1. The Morgan fingerprint density at radius 1 is 1.42 bits per heavy atom. The third kappa shape index (κ3) is 3.24. The molecule has 19 heavy (non-hydrogen) atoms. The molecule has 0 bridgehead atoms. The number of nitrogens with two attached hydrogens (primary N) is 1. The van der Waals surface area contributed by atoms with E-state index in [9.17, 15) is 4.79 Å². The Kier molecular flexibility index (Phi) is 4.07. The number of rotatable bonds is 2. The maximum Gasteiger partial charge on any atom is 0.256 e. The van der Waals surface area contributed by atoms with E-state index in [1.807, 2.05) is 6.92 Å². The van der Waals surface area contributed by atoms with E-state index in [-0.39, 0.29) is 5.91 Å². The van der Waals surface area contributed by atoms with Crippen molar-refractivity contribution < 1.29 is 4.79 Å². The van der Waals surface area contributed by atoms with E-state index in [2.05, 4.69) is 26.2 Å². The highest BCUT2D eigenvalue weighted by Gasteiger charge is 2.10. The van der Waals surface area contributed by atoms with Crippen LogP contribution in [0.2, 0.25) is 5.15 Å². The zero-order chi connectivity index (χ0) is 14.0. The summed E-state index contributed by atoms with van der Waals surface area (Å²) in [5.41, 5.74) is 8.18. The van der Waals surface area contributed by atoms with Crippen molar-refractivity contribution in [1.29, 1.82) is 0 Å². The lowest BCUT2D eigenvalue weighted by Gasteiger charge is -2.09. The number of aryl methyl sites for hydroxylation is 1. The first-order valence-electron chi connectivity index (χ1n) is 5.46. The lowest BCUT2D eigenvalue weighted by molar-refractivity contribution is 0.102. The van der Waals surface area contributed by atoms with Crippen LogP contribution >= 0.6 is 27.5 Å². The molecule has 0 spiro atoms. The SMILES string of the molecule is Cc1ccc(N)cc1C(=O)Nc1cnc(Cl)c(Br)c1. The summed E-state index contributed by atoms with van der Waals surface area (Å²) in [5.74, 6) is -0.235. The number of nitrogen functional groups attached to an aromatic ring is 1. The minimum absolute atomic E-state index is 0.235. The summed E-state index contributed by atoms with van der Waals surface area (Å²) in [7, 11) is 0. The lowest BCUT2D eigenvalue weighted by Crippen LogP contribution is -2.14. The van der Waals surface area contributed by atoms with Crippen molar-refractivity contribution in [3.63, 3.8) is 0 Å². The number of nitrogens with zero attached hydrogens (tertiary/aromatic N) is 1. The predicted octanol–water partition coefficient (Wildman–Crippen LogP) is 3.64. The minimum atomic E-state index is -0.235. The van der Waals surface area contributed by atoms with Crippen LogP contribution in [0.3, 0.4) is 0 Å². The fourth-order valence-electron chi connectivity index (χ4n) is 1.57. The van der Waals surface area contributed by atoms with Gasteiger partial charge in [0.05, 0.1) is 16.4 Å². The molecule has 1 amide bonds. The molecule has 2 rings (SSSR count). The van der Waals surface area contributed by atoms with Crippen LogP contribution in [-0.4, -0.2) is 10.9 Å². The summed E-state index contributed by atoms with van der Waals surface area (Å²) in [6.07, 6.45) is 1.49. The van der Waals surface area contributed by atoms with Crippen molar-refractivity contribution in [1.82, 2.24) is 4.98 Å². The van der Waals surface area contributed by atoms with E-state index in [1.165, 1.54) is 6.20 Å². The van der Waals surface area contributed by atoms with Crippen LogP contribution in [0.25, 0.3) is 0 Å². The Morgan fingerprint density at radius 2 is 2.16 bits per heavy atom. The number of hydrogen-bond donors (Lipinski definition) is 2. The second-order valence-electron chi connectivity index (χ2n) is 4.03. The fraction of sp³-hybridized carbons (Fsp3) is 0.0769. The van der Waals surface area contributed by atoms with Gasteiger partial charge in [0, 0.05) is 11.3 Å². The Hall–Kier alpha value is -1.59. The number of hydrogen-bond acceptors (Lipinski definition) is 3. The molecule has 0 aliphatic carbocycles. The van der Waals surface area contributed by atoms with E-state index in [0.717, 1.165) is 5.56 Å². The first-order valence-corrected chi connectivity index (χ1v) is 6.63. The molecule has 1 aromatic carbocycles. The van der Waals surface area contributed by atoms with Crippen LogP contribution in [0, 0.1) is 6.92 Å². The minimum Gasteiger partial charge on any atom is -0.399 e. The zero-order valence-corrected chi connectivity index (χ0v) is 12.4. The van der Waals surface area contributed by atoms with Gasteiger partial charge in [0.1, 0.15) is 5.15 Å². The quantitative estimate of drug-likeness (QED) is 0.648. The monoisotopic (exact) mass is 339 g/mol. The molecule has 6 heteroatoms. The largest absolute Gasteiger partial charge is 0.399 e. The molecule has 0 saturated heterocycles. The number of nitrogens with one attached hydrogen (secondary N) is 1. The highest BCUT2D eigenvalue weighted by Crippen LogP contribution is 2.23. The van der Waals surface area contributed by atoms with Gasteiger partial charge in [-0.05, 0) is 46.6 Å². The van der Waals surface area contributed by atoms with Crippen LogP contribution in [-0.2, 0) is 0 Å². The number of anilines is 2. The first kappa shape index (κ1) is 13.8. The number of pyridine rings is 1. The number of carbonyl (C=O) groups is 1. The van der Waals surface area contributed by atoms with Gasteiger partial charge < -0.3 is 11.1 Å². The smallest absolute Gasteiger partial charge is 0.256 e. The average Bonchev–Trinajstić information content (AvgIpc) is 2.36. The summed E-state index contributed by atoms with van der Waals surface area (Å²) < 4.78 is 0.622. The predicted molar refractivity (Wildman–Crippen MR) is 80.5 cm³/mol. The van der Waals surface area contributed by atoms with Crippen molar-refractivity contribution in [2.24, 2.45) is 0 Å². The van der Waals surface area contributed by atoms with Gasteiger partial charge in [-0.1, -0.05) is 17.7 Å². The molecule has 1 heterocycles. The first-order chi connectivity index (χ1) is 8.97. The number of aromatic nitrogens is 1. The molecule has 1 aromatic heterocycles. The summed E-state index contributed by atoms with van der Waals surface area (Å²) in [6.45, 7) is 1.85. The summed E-state index contributed by atoms with van der Waals surface area (Å²) >= 11 is 9.05. The Labute approximate surface area is 124 Å². The molecule has 0 atom stereocenters. The Morgan fingerprint density at radius 3 is 2.84 bits per heavy atom. The van der Waals surface area contributed by atoms with Crippen molar-refractivity contribution in [3.8, 4) is 0 Å². The van der Waals surface area contributed by atoms with Crippen molar-refractivity contribution in [2.45, 2.75) is 6.92 Å². The van der Waals surface area contributed by atoms with Gasteiger partial charge in [0.2, 0.25) is 0 Å². The lowest BCUT2D eigenvalue weighted by atomic mass is 10.1. The van der Waals surface area contributed by atoms with Crippen molar-refractivity contribution in [2.75, 3.05) is 11.1 Å². The fourth-order valence-corrected chi connectivity index (χ4v) is 2.02. The average molecular weight is 341 g/mol. The number of carbonyl (C=O) groups excluding carboxylic acids is 1. The molecule has 98 valence electrons. The van der Waals surface area contributed by atoms with E-state index < -0.39 is 0 Å². The molecule has 0 saturated carbocycles. The van der Waals surface area contributed by atoms with Crippen LogP contribution in [0.15, 0.2) is 34.9 Å². The van der Waals surface area contributed by atoms with Gasteiger partial charge in [0.25, 0.3) is 5.91 Å². The zero-order valence-electron chi connectivity index (χ0n) is 10.1. The molecule has 3 N–H and O–H groups in total. The molecule has 4 nitrogen and oxygen atoms in total. The maximum absolute atomic E-state index is 12.1. The Balaban J connectivity index is 2.25. The van der Waals surface area contributed by atoms with E-state index in [0.29, 0.717) is 26.6 Å². The van der Waals surface area contributed by atoms with Gasteiger partial charge in [-0.15, -0.1) is 0 Å². The van der Waals surface area contributed by atoms with Gasteiger partial charge in [-0.3, -0.25) is 4.79 Å². The van der Waals surface area contributed by atoms with Gasteiger partial charge in [-0.25, -0.2) is 4.98 Å².